The van der Waals surface area contributed by atoms with Crippen LogP contribution >= 0.6 is 0 Å². The Balaban J connectivity index is 1.34. The molecule has 2 aliphatic rings. The van der Waals surface area contributed by atoms with Gasteiger partial charge in [-0.15, -0.1) is 0 Å². The van der Waals surface area contributed by atoms with Gasteiger partial charge < -0.3 is 19.5 Å². The Hall–Kier alpha value is -5.82. The smallest absolute Gasteiger partial charge is 0.337 e. The van der Waals surface area contributed by atoms with Gasteiger partial charge in [0, 0.05) is 41.8 Å². The van der Waals surface area contributed by atoms with Crippen LogP contribution in [0.15, 0.2) is 149 Å². The number of nitrogens with one attached hydrogen (secondary N) is 1. The van der Waals surface area contributed by atoms with E-state index in [1.54, 1.807) is 49.0 Å². The number of allylic oxidation sites excluding steroid dienone is 2. The average molecular weight is 745 g/mol. The molecule has 2 aliphatic heterocycles. The molecule has 1 N–H and O–H groups in total. The third-order valence-corrected chi connectivity index (χ3v) is 11.3. The first-order valence-electron chi connectivity index (χ1n) is 17.6. The van der Waals surface area contributed by atoms with Crippen molar-refractivity contribution < 1.29 is 32.2 Å². The first-order chi connectivity index (χ1) is 26.2. The number of sulfonamides is 1. The monoisotopic (exact) mass is 744 g/mol. The van der Waals surface area contributed by atoms with Gasteiger partial charge in [-0.05, 0) is 49.2 Å². The molecule has 3 heterocycles. The molecule has 0 saturated carbocycles. The highest BCUT2D eigenvalue weighted by Crippen LogP contribution is 2.43. The van der Waals surface area contributed by atoms with E-state index in [4.69, 9.17) is 19.3 Å². The Morgan fingerprint density at radius 2 is 1.24 bits per heavy atom. The van der Waals surface area contributed by atoms with Crippen LogP contribution < -0.4 is 5.32 Å². The van der Waals surface area contributed by atoms with Crippen LogP contribution in [0.25, 0.3) is 16.9 Å². The number of aromatic nitrogens is 2. The average Bonchev–Trinajstić information content (AvgIpc) is 3.66. The highest BCUT2D eigenvalue weighted by atomic mass is 32.2. The number of esters is 2. The zero-order chi connectivity index (χ0) is 37.7. The fraction of sp³-hybridized carbons (Fsp3) is 0.214. The van der Waals surface area contributed by atoms with Crippen molar-refractivity contribution in [3.63, 3.8) is 0 Å². The molecule has 0 aliphatic carbocycles. The van der Waals surface area contributed by atoms with Gasteiger partial charge >= 0.3 is 11.9 Å². The van der Waals surface area contributed by atoms with Crippen LogP contribution in [-0.2, 0) is 47.0 Å². The summed E-state index contributed by atoms with van der Waals surface area (Å²) in [4.78, 5) is 28.6. The lowest BCUT2D eigenvalue weighted by Crippen LogP contribution is -2.40. The summed E-state index contributed by atoms with van der Waals surface area (Å²) in [6, 6.07) is 34.7. The standard InChI is InChI=1S/C42H40N4O7S/c1-29-37(41(47)52-27-31-12-6-3-7-13-31)39(38(30(2)43-29)42(48)53-28-32-14-8-4-9-15-32)36-26-46(34-16-10-5-11-17-34)44-40(36)33-18-20-35(21-19-33)54(49,50)45-22-24-51-25-23-45/h3-21,26,39,43H,22-25,27-28H2,1-2H3. The number of benzene rings is 4. The number of carbonyl (C=O) groups is 2. The molecular weight excluding hydrogens is 705 g/mol. The Kier molecular flexibility index (Phi) is 10.9. The number of para-hydroxylation sites is 1. The van der Waals surface area contributed by atoms with Crippen LogP contribution in [0.3, 0.4) is 0 Å². The predicted molar refractivity (Wildman–Crippen MR) is 202 cm³/mol. The summed E-state index contributed by atoms with van der Waals surface area (Å²) in [7, 11) is -3.76. The van der Waals surface area contributed by atoms with Gasteiger partial charge in [0.1, 0.15) is 13.2 Å². The number of hydrogen-bond acceptors (Lipinski definition) is 9. The van der Waals surface area contributed by atoms with Crippen molar-refractivity contribution >= 4 is 22.0 Å². The van der Waals surface area contributed by atoms with Crippen molar-refractivity contribution in [3.05, 3.63) is 161 Å². The molecule has 0 unspecified atom stereocenters. The first kappa shape index (κ1) is 36.5. The van der Waals surface area contributed by atoms with Gasteiger partial charge in [0.15, 0.2) is 0 Å². The number of ether oxygens (including phenoxy) is 3. The molecule has 7 rings (SSSR count). The van der Waals surface area contributed by atoms with Gasteiger partial charge in [-0.25, -0.2) is 22.7 Å². The fourth-order valence-electron chi connectivity index (χ4n) is 6.70. The highest BCUT2D eigenvalue weighted by Gasteiger charge is 2.41. The Bertz CT molecular complexity index is 2220. The zero-order valence-corrected chi connectivity index (χ0v) is 30.8. The lowest BCUT2D eigenvalue weighted by Gasteiger charge is -2.30. The van der Waals surface area contributed by atoms with Gasteiger partial charge in [-0.3, -0.25) is 0 Å². The lowest BCUT2D eigenvalue weighted by atomic mass is 9.79. The summed E-state index contributed by atoms with van der Waals surface area (Å²) in [5.74, 6) is -2.19. The van der Waals surface area contributed by atoms with Crippen LogP contribution in [0.2, 0.25) is 0 Å². The van der Waals surface area contributed by atoms with Crippen molar-refractivity contribution in [2.45, 2.75) is 37.9 Å². The van der Waals surface area contributed by atoms with Crippen molar-refractivity contribution in [1.29, 1.82) is 0 Å². The number of hydrogen-bond donors (Lipinski definition) is 1. The minimum absolute atomic E-state index is 0.0227. The van der Waals surface area contributed by atoms with E-state index in [9.17, 15) is 18.0 Å². The van der Waals surface area contributed by atoms with Crippen LogP contribution in [0.5, 0.6) is 0 Å². The maximum atomic E-state index is 14.2. The molecule has 1 saturated heterocycles. The molecule has 1 aromatic heterocycles. The topological polar surface area (TPSA) is 129 Å². The SMILES string of the molecule is CC1=C(C(=O)OCc2ccccc2)C(c2cn(-c3ccccc3)nc2-c2ccc(S(=O)(=O)N3CCOCC3)cc2)C(C(=O)OCc2ccccc2)=C(C)N1. The molecule has 0 radical (unpaired) electrons. The summed E-state index contributed by atoms with van der Waals surface area (Å²) in [6.45, 7) is 4.80. The number of nitrogens with zero attached hydrogens (tertiary/aromatic N) is 3. The van der Waals surface area contributed by atoms with E-state index in [1.165, 1.54) is 4.31 Å². The predicted octanol–water partition coefficient (Wildman–Crippen LogP) is 6.28. The molecule has 5 aromatic rings. The van der Waals surface area contributed by atoms with E-state index in [2.05, 4.69) is 5.32 Å². The van der Waals surface area contributed by atoms with Gasteiger partial charge in [0.25, 0.3) is 0 Å². The van der Waals surface area contributed by atoms with Gasteiger partial charge in [0.05, 0.1) is 46.6 Å². The zero-order valence-electron chi connectivity index (χ0n) is 30.0. The Labute approximate surface area is 314 Å². The van der Waals surface area contributed by atoms with E-state index >= 15 is 0 Å². The summed E-state index contributed by atoms with van der Waals surface area (Å²) >= 11 is 0. The molecule has 0 atom stereocenters. The number of morpholine rings is 1. The van der Waals surface area contributed by atoms with Crippen molar-refractivity contribution in [2.75, 3.05) is 26.3 Å². The third-order valence-electron chi connectivity index (χ3n) is 9.44. The van der Waals surface area contributed by atoms with E-state index < -0.39 is 27.9 Å². The minimum Gasteiger partial charge on any atom is -0.457 e. The largest absolute Gasteiger partial charge is 0.457 e. The molecule has 0 spiro atoms. The summed E-state index contributed by atoms with van der Waals surface area (Å²) in [6.07, 6.45) is 1.80. The number of rotatable bonds is 11. The molecule has 276 valence electrons. The fourth-order valence-corrected chi connectivity index (χ4v) is 8.11. The molecule has 0 amide bonds. The second kappa shape index (κ2) is 16.0. The molecule has 11 nitrogen and oxygen atoms in total. The molecule has 4 aromatic carbocycles. The molecule has 54 heavy (non-hydrogen) atoms. The second-order valence-corrected chi connectivity index (χ2v) is 15.0. The van der Waals surface area contributed by atoms with Crippen molar-refractivity contribution in [3.8, 4) is 16.9 Å². The van der Waals surface area contributed by atoms with Crippen molar-refractivity contribution in [1.82, 2.24) is 19.4 Å². The second-order valence-electron chi connectivity index (χ2n) is 13.0. The van der Waals surface area contributed by atoms with Crippen LogP contribution in [-0.4, -0.2) is 60.7 Å². The van der Waals surface area contributed by atoms with Crippen LogP contribution in [0.1, 0.15) is 36.5 Å². The minimum atomic E-state index is -3.76. The molecule has 1 fully saturated rings. The summed E-state index contributed by atoms with van der Waals surface area (Å²) < 4.78 is 47.3. The maximum Gasteiger partial charge on any atom is 0.337 e. The summed E-state index contributed by atoms with van der Waals surface area (Å²) in [5.41, 5.74) is 5.40. The first-order valence-corrected chi connectivity index (χ1v) is 19.1. The van der Waals surface area contributed by atoms with Gasteiger partial charge in [-0.2, -0.15) is 9.40 Å². The van der Waals surface area contributed by atoms with E-state index in [0.29, 0.717) is 41.4 Å². The number of dihydropyridines is 1. The molecule has 0 bridgehead atoms. The summed E-state index contributed by atoms with van der Waals surface area (Å²) in [5, 5.41) is 8.24. The Morgan fingerprint density at radius 1 is 0.741 bits per heavy atom. The third kappa shape index (κ3) is 7.76. The normalized spacial score (nSPS) is 15.5. The quantitative estimate of drug-likeness (QED) is 0.155. The molecule has 12 heteroatoms. The highest BCUT2D eigenvalue weighted by molar-refractivity contribution is 7.89. The van der Waals surface area contributed by atoms with Crippen LogP contribution in [0, 0.1) is 0 Å². The van der Waals surface area contributed by atoms with Crippen molar-refractivity contribution in [2.24, 2.45) is 0 Å². The van der Waals surface area contributed by atoms with E-state index in [-0.39, 0.29) is 42.3 Å². The van der Waals surface area contributed by atoms with E-state index in [0.717, 1.165) is 16.8 Å². The maximum absolute atomic E-state index is 14.2. The van der Waals surface area contributed by atoms with Crippen LogP contribution in [0.4, 0.5) is 0 Å². The van der Waals surface area contributed by atoms with Gasteiger partial charge in [-0.1, -0.05) is 91.0 Å². The lowest BCUT2D eigenvalue weighted by molar-refractivity contribution is -0.141. The Morgan fingerprint density at radius 3 is 1.76 bits per heavy atom. The van der Waals surface area contributed by atoms with Gasteiger partial charge in [0.2, 0.25) is 10.0 Å². The van der Waals surface area contributed by atoms with E-state index in [1.807, 2.05) is 91.0 Å². The number of carbonyl (C=O) groups excluding carboxylic acids is 2. The molecular formula is C42H40N4O7S.